The van der Waals surface area contributed by atoms with E-state index < -0.39 is 11.7 Å². The van der Waals surface area contributed by atoms with Crippen LogP contribution in [-0.4, -0.2) is 24.8 Å². The van der Waals surface area contributed by atoms with Crippen LogP contribution in [-0.2, 0) is 4.79 Å². The van der Waals surface area contributed by atoms with Crippen molar-refractivity contribution in [2.75, 3.05) is 23.3 Å². The quantitative estimate of drug-likeness (QED) is 0.787. The Morgan fingerprint density at radius 3 is 2.71 bits per heavy atom. The summed E-state index contributed by atoms with van der Waals surface area (Å²) < 4.78 is 0.880. The zero-order chi connectivity index (χ0) is 15.2. The first-order valence-electron chi connectivity index (χ1n) is 7.32. The number of Topliss-reactive ketones (excluding diaryl/α,β-unsaturated/α-hetero) is 1. The molecular formula is C16H19BrN2O2. The normalized spacial score (nSPS) is 21.0. The van der Waals surface area contributed by atoms with Crippen LogP contribution in [0.4, 0.5) is 11.4 Å². The average molecular weight is 351 g/mol. The van der Waals surface area contributed by atoms with Gasteiger partial charge in [-0.1, -0.05) is 13.8 Å². The number of fused-ring (bicyclic) bond motifs is 1. The van der Waals surface area contributed by atoms with Crippen molar-refractivity contribution in [3.05, 3.63) is 22.2 Å². The average Bonchev–Trinajstić information content (AvgIpc) is 2.59. The molecule has 2 aliphatic heterocycles. The van der Waals surface area contributed by atoms with Gasteiger partial charge in [0.2, 0.25) is 0 Å². The van der Waals surface area contributed by atoms with Crippen LogP contribution in [0, 0.1) is 5.41 Å². The number of carbonyl (C=O) groups is 2. The highest BCUT2D eigenvalue weighted by molar-refractivity contribution is 9.10. The lowest BCUT2D eigenvalue weighted by atomic mass is 9.85. The molecule has 2 aliphatic rings. The summed E-state index contributed by atoms with van der Waals surface area (Å²) in [6, 6.07) is 3.68. The molecule has 21 heavy (non-hydrogen) atoms. The molecule has 0 bridgehead atoms. The third-order valence-corrected chi connectivity index (χ3v) is 5.10. The van der Waals surface area contributed by atoms with Crippen LogP contribution in [0.15, 0.2) is 16.6 Å². The van der Waals surface area contributed by atoms with Gasteiger partial charge in [-0.15, -0.1) is 0 Å². The zero-order valence-electron chi connectivity index (χ0n) is 12.3. The van der Waals surface area contributed by atoms with E-state index in [2.05, 4.69) is 40.0 Å². The Morgan fingerprint density at radius 2 is 1.95 bits per heavy atom. The van der Waals surface area contributed by atoms with Gasteiger partial charge in [0.05, 0.1) is 16.9 Å². The van der Waals surface area contributed by atoms with E-state index in [0.717, 1.165) is 36.1 Å². The van der Waals surface area contributed by atoms with Gasteiger partial charge in [0.25, 0.3) is 11.7 Å². The van der Waals surface area contributed by atoms with E-state index in [1.54, 1.807) is 6.07 Å². The molecule has 1 aromatic rings. The standard InChI is InChI=1S/C16H19BrN2O2/c1-16(2)4-3-6-19(7-5-16)13-9-12-10(8-11(13)17)14(20)15(21)18-12/h8-9H,3-7H2,1-2H3,(H,18,20,21). The number of hydrogen-bond acceptors (Lipinski definition) is 3. The molecule has 0 aliphatic carbocycles. The van der Waals surface area contributed by atoms with Crippen LogP contribution in [0.2, 0.25) is 0 Å². The van der Waals surface area contributed by atoms with Gasteiger partial charge in [-0.25, -0.2) is 0 Å². The van der Waals surface area contributed by atoms with Gasteiger partial charge in [0.15, 0.2) is 0 Å². The molecule has 5 heteroatoms. The molecule has 2 heterocycles. The molecule has 1 saturated heterocycles. The summed E-state index contributed by atoms with van der Waals surface area (Å²) in [6.45, 7) is 6.62. The van der Waals surface area contributed by atoms with Gasteiger partial charge >= 0.3 is 0 Å². The number of nitrogens with zero attached hydrogens (tertiary/aromatic N) is 1. The van der Waals surface area contributed by atoms with Crippen molar-refractivity contribution in [2.24, 2.45) is 5.41 Å². The molecule has 0 saturated carbocycles. The van der Waals surface area contributed by atoms with Crippen LogP contribution < -0.4 is 10.2 Å². The Labute approximate surface area is 133 Å². The lowest BCUT2D eigenvalue weighted by molar-refractivity contribution is -0.112. The molecule has 1 aromatic carbocycles. The summed E-state index contributed by atoms with van der Waals surface area (Å²) in [7, 11) is 0. The zero-order valence-corrected chi connectivity index (χ0v) is 13.9. The molecule has 0 spiro atoms. The van der Waals surface area contributed by atoms with E-state index in [4.69, 9.17) is 0 Å². The summed E-state index contributed by atoms with van der Waals surface area (Å²) in [5, 5.41) is 2.65. The molecule has 0 unspecified atom stereocenters. The van der Waals surface area contributed by atoms with Crippen LogP contribution >= 0.6 is 15.9 Å². The topological polar surface area (TPSA) is 49.4 Å². The maximum absolute atomic E-state index is 11.7. The van der Waals surface area contributed by atoms with Gasteiger partial charge < -0.3 is 10.2 Å². The van der Waals surface area contributed by atoms with Crippen LogP contribution in [0.5, 0.6) is 0 Å². The van der Waals surface area contributed by atoms with Gasteiger partial charge in [-0.2, -0.15) is 0 Å². The Balaban J connectivity index is 1.92. The Hall–Kier alpha value is -1.36. The predicted molar refractivity (Wildman–Crippen MR) is 86.9 cm³/mol. The maximum atomic E-state index is 11.7. The van der Waals surface area contributed by atoms with Crippen molar-refractivity contribution in [2.45, 2.75) is 33.1 Å². The van der Waals surface area contributed by atoms with Crippen LogP contribution in [0.25, 0.3) is 0 Å². The smallest absolute Gasteiger partial charge is 0.296 e. The molecule has 0 radical (unpaired) electrons. The minimum atomic E-state index is -0.536. The molecule has 1 fully saturated rings. The van der Waals surface area contributed by atoms with Crippen molar-refractivity contribution in [1.29, 1.82) is 0 Å². The third kappa shape index (κ3) is 2.71. The molecule has 112 valence electrons. The number of carbonyl (C=O) groups excluding carboxylic acids is 2. The van der Waals surface area contributed by atoms with Crippen molar-refractivity contribution in [3.8, 4) is 0 Å². The first-order chi connectivity index (χ1) is 9.87. The van der Waals surface area contributed by atoms with Crippen molar-refractivity contribution < 1.29 is 9.59 Å². The maximum Gasteiger partial charge on any atom is 0.296 e. The number of benzene rings is 1. The number of halogens is 1. The SMILES string of the molecule is CC1(C)CCCN(c2cc3c(cc2Br)C(=O)C(=O)N3)CC1. The molecule has 0 atom stereocenters. The number of ketones is 1. The van der Waals surface area contributed by atoms with E-state index in [1.807, 2.05) is 6.07 Å². The van der Waals surface area contributed by atoms with E-state index in [1.165, 1.54) is 6.42 Å². The summed E-state index contributed by atoms with van der Waals surface area (Å²) in [4.78, 5) is 25.6. The van der Waals surface area contributed by atoms with Gasteiger partial charge in [-0.3, -0.25) is 9.59 Å². The first kappa shape index (κ1) is 14.6. The summed E-state index contributed by atoms with van der Waals surface area (Å²) >= 11 is 3.55. The first-order valence-corrected chi connectivity index (χ1v) is 8.11. The molecule has 1 N–H and O–H groups in total. The summed E-state index contributed by atoms with van der Waals surface area (Å²) in [5.74, 6) is -0.986. The minimum Gasteiger partial charge on any atom is -0.371 e. The molecule has 0 aromatic heterocycles. The number of hydrogen-bond donors (Lipinski definition) is 1. The van der Waals surface area contributed by atoms with E-state index in [0.29, 0.717) is 16.7 Å². The predicted octanol–water partition coefficient (Wildman–Crippen LogP) is 3.60. The van der Waals surface area contributed by atoms with Crippen molar-refractivity contribution >= 4 is 39.0 Å². The van der Waals surface area contributed by atoms with Crippen molar-refractivity contribution in [1.82, 2.24) is 0 Å². The number of amides is 1. The number of nitrogens with one attached hydrogen (secondary N) is 1. The number of anilines is 2. The van der Waals surface area contributed by atoms with Crippen molar-refractivity contribution in [3.63, 3.8) is 0 Å². The number of rotatable bonds is 1. The fourth-order valence-electron chi connectivity index (χ4n) is 3.06. The summed E-state index contributed by atoms with van der Waals surface area (Å²) in [6.07, 6.45) is 3.52. The summed E-state index contributed by atoms with van der Waals surface area (Å²) in [5.41, 5.74) is 2.53. The van der Waals surface area contributed by atoms with Gasteiger partial charge in [0.1, 0.15) is 0 Å². The fourth-order valence-corrected chi connectivity index (χ4v) is 3.65. The largest absolute Gasteiger partial charge is 0.371 e. The Morgan fingerprint density at radius 1 is 1.19 bits per heavy atom. The monoisotopic (exact) mass is 350 g/mol. The van der Waals surface area contributed by atoms with Crippen LogP contribution in [0.1, 0.15) is 43.5 Å². The highest BCUT2D eigenvalue weighted by Gasteiger charge is 2.30. The fraction of sp³-hybridized carbons (Fsp3) is 0.500. The van der Waals surface area contributed by atoms with E-state index in [-0.39, 0.29) is 0 Å². The third-order valence-electron chi connectivity index (χ3n) is 4.47. The molecule has 4 nitrogen and oxygen atoms in total. The molecular weight excluding hydrogens is 332 g/mol. The highest BCUT2D eigenvalue weighted by atomic mass is 79.9. The minimum absolute atomic E-state index is 0.377. The van der Waals surface area contributed by atoms with Gasteiger partial charge in [-0.05, 0) is 52.7 Å². The second-order valence-corrected chi connectivity index (χ2v) is 7.49. The second-order valence-electron chi connectivity index (χ2n) is 6.64. The Bertz CT molecular complexity index is 625. The van der Waals surface area contributed by atoms with E-state index >= 15 is 0 Å². The van der Waals surface area contributed by atoms with Crippen LogP contribution in [0.3, 0.4) is 0 Å². The molecule has 1 amide bonds. The van der Waals surface area contributed by atoms with E-state index in [9.17, 15) is 9.59 Å². The lowest BCUT2D eigenvalue weighted by Crippen LogP contribution is -2.25. The lowest BCUT2D eigenvalue weighted by Gasteiger charge is -2.26. The Kier molecular flexibility index (Phi) is 3.56. The molecule has 3 rings (SSSR count). The highest BCUT2D eigenvalue weighted by Crippen LogP contribution is 2.38. The second kappa shape index (κ2) is 5.13. The van der Waals surface area contributed by atoms with Gasteiger partial charge in [0, 0.05) is 17.6 Å².